The molecule has 1 aliphatic heterocycles. The predicted octanol–water partition coefficient (Wildman–Crippen LogP) is 1.65. The fourth-order valence-electron chi connectivity index (χ4n) is 5.86. The van der Waals surface area contributed by atoms with Gasteiger partial charge in [-0.2, -0.15) is 17.6 Å². The summed E-state index contributed by atoms with van der Waals surface area (Å²) in [6.45, 7) is 2.45. The van der Waals surface area contributed by atoms with Gasteiger partial charge in [-0.1, -0.05) is 0 Å². The lowest BCUT2D eigenvalue weighted by atomic mass is 9.79. The number of nitrogens with one attached hydrogen (secondary N) is 1. The summed E-state index contributed by atoms with van der Waals surface area (Å²) in [5.41, 5.74) is 3.38. The third kappa shape index (κ3) is 5.37. The Morgan fingerprint density at radius 2 is 2.00 bits per heavy atom. The molecule has 1 aromatic heterocycles. The number of rotatable bonds is 8. The first-order valence-corrected chi connectivity index (χ1v) is 12.4. The van der Waals surface area contributed by atoms with Crippen LogP contribution in [0.1, 0.15) is 45.4 Å². The number of likely N-dealkylation sites (tertiary alicyclic amines) is 1. The maximum atomic E-state index is 15.5. The van der Waals surface area contributed by atoms with Crippen LogP contribution in [0, 0.1) is 17.2 Å². The van der Waals surface area contributed by atoms with E-state index < -0.39 is 35.5 Å². The second-order valence-corrected chi connectivity index (χ2v) is 10.5. The molecule has 1 aromatic rings. The van der Waals surface area contributed by atoms with Crippen molar-refractivity contribution in [1.29, 1.82) is 0 Å². The average Bonchev–Trinajstić information content (AvgIpc) is 3.48. The molecule has 9 nitrogen and oxygen atoms in total. The number of primary amides is 1. The van der Waals surface area contributed by atoms with Crippen LogP contribution in [0.2, 0.25) is 0 Å². The lowest BCUT2D eigenvalue weighted by molar-refractivity contribution is -0.184. The van der Waals surface area contributed by atoms with Crippen LogP contribution in [-0.2, 0) is 4.79 Å². The quantitative estimate of drug-likeness (QED) is 0.383. The van der Waals surface area contributed by atoms with Crippen molar-refractivity contribution in [1.82, 2.24) is 14.9 Å². The molecular weight excluding hydrogens is 484 g/mol. The highest BCUT2D eigenvalue weighted by Crippen LogP contribution is 2.61. The van der Waals surface area contributed by atoms with Gasteiger partial charge < -0.3 is 26.2 Å². The van der Waals surface area contributed by atoms with Crippen molar-refractivity contribution in [2.24, 2.45) is 17.1 Å². The minimum absolute atomic E-state index is 0.0309. The number of halogens is 4. The fraction of sp³-hybridized carbons (Fsp3) is 0.783. The van der Waals surface area contributed by atoms with E-state index in [4.69, 9.17) is 5.73 Å². The number of piperidine rings is 1. The largest absolute Gasteiger partial charge is 0.391 e. The maximum absolute atomic E-state index is 15.5. The minimum Gasteiger partial charge on any atom is -0.389 e. The molecule has 0 radical (unpaired) electrons. The number of hydrogen-bond donors (Lipinski definition) is 4. The SMILES string of the molecule is CCN(c1ncnc(NC[C@@]2(O)CCN(CC(N)=O)C[C@@H]2O)c1F)C1CC12CCC(C(F)(F)F)CC2. The van der Waals surface area contributed by atoms with Crippen molar-refractivity contribution >= 4 is 17.5 Å². The van der Waals surface area contributed by atoms with Crippen molar-refractivity contribution in [3.8, 4) is 0 Å². The number of nitrogens with zero attached hydrogens (tertiary/aromatic N) is 4. The Labute approximate surface area is 207 Å². The van der Waals surface area contributed by atoms with Gasteiger partial charge in [0, 0.05) is 32.2 Å². The summed E-state index contributed by atoms with van der Waals surface area (Å²) in [5.74, 6) is -2.58. The second kappa shape index (κ2) is 9.90. The number of β-amino-alcohol motifs (C(OH)–C–C–N with tert-alkyl or cyclic N) is 1. The number of hydrogen-bond acceptors (Lipinski definition) is 8. The van der Waals surface area contributed by atoms with Gasteiger partial charge in [0.05, 0.1) is 18.6 Å². The third-order valence-electron chi connectivity index (χ3n) is 8.20. The van der Waals surface area contributed by atoms with E-state index in [9.17, 15) is 28.2 Å². The van der Waals surface area contributed by atoms with Gasteiger partial charge in [-0.15, -0.1) is 0 Å². The highest BCUT2D eigenvalue weighted by atomic mass is 19.4. The van der Waals surface area contributed by atoms with Crippen molar-refractivity contribution in [2.75, 3.05) is 42.9 Å². The van der Waals surface area contributed by atoms with Gasteiger partial charge in [-0.3, -0.25) is 9.69 Å². The number of alkyl halides is 3. The molecule has 0 bridgehead atoms. The summed E-state index contributed by atoms with van der Waals surface area (Å²) in [7, 11) is 0. The molecule has 2 aliphatic carbocycles. The van der Waals surface area contributed by atoms with Crippen LogP contribution in [0.15, 0.2) is 6.33 Å². The van der Waals surface area contributed by atoms with Gasteiger partial charge in [0.1, 0.15) is 11.9 Å². The molecule has 13 heteroatoms. The molecule has 36 heavy (non-hydrogen) atoms. The first-order chi connectivity index (χ1) is 16.9. The zero-order valence-corrected chi connectivity index (χ0v) is 20.3. The van der Waals surface area contributed by atoms with E-state index in [1.807, 2.05) is 6.92 Å². The van der Waals surface area contributed by atoms with Crippen LogP contribution in [0.4, 0.5) is 29.2 Å². The summed E-state index contributed by atoms with van der Waals surface area (Å²) < 4.78 is 54.7. The lowest BCUT2D eigenvalue weighted by Crippen LogP contribution is -2.59. The molecule has 202 valence electrons. The van der Waals surface area contributed by atoms with Crippen LogP contribution >= 0.6 is 0 Å². The molecule has 3 atom stereocenters. The Balaban J connectivity index is 1.40. The number of aliphatic hydroxyl groups is 2. The highest BCUT2D eigenvalue weighted by molar-refractivity contribution is 5.75. The molecule has 0 aromatic carbocycles. The Hall–Kier alpha value is -2.25. The van der Waals surface area contributed by atoms with Gasteiger partial charge in [0.15, 0.2) is 11.6 Å². The number of amides is 1. The molecule has 1 spiro atoms. The van der Waals surface area contributed by atoms with E-state index in [-0.39, 0.29) is 62.0 Å². The van der Waals surface area contributed by atoms with Crippen molar-refractivity contribution in [3.63, 3.8) is 0 Å². The normalized spacial score (nSPS) is 32.9. The Morgan fingerprint density at radius 3 is 2.58 bits per heavy atom. The lowest BCUT2D eigenvalue weighted by Gasteiger charge is -2.41. The van der Waals surface area contributed by atoms with Gasteiger partial charge in [0.25, 0.3) is 0 Å². The Kier molecular flexibility index (Phi) is 7.37. The Morgan fingerprint density at radius 1 is 1.31 bits per heavy atom. The smallest absolute Gasteiger partial charge is 0.389 e. The fourth-order valence-corrected chi connectivity index (χ4v) is 5.86. The van der Waals surface area contributed by atoms with Crippen molar-refractivity contribution in [3.05, 3.63) is 12.1 Å². The summed E-state index contributed by atoms with van der Waals surface area (Å²) in [6.07, 6.45) is -2.23. The van der Waals surface area contributed by atoms with Crippen LogP contribution in [0.3, 0.4) is 0 Å². The number of aliphatic hydroxyl groups excluding tert-OH is 1. The van der Waals surface area contributed by atoms with E-state index in [2.05, 4.69) is 15.3 Å². The van der Waals surface area contributed by atoms with Crippen LogP contribution < -0.4 is 16.0 Å². The van der Waals surface area contributed by atoms with Gasteiger partial charge in [0.2, 0.25) is 11.7 Å². The van der Waals surface area contributed by atoms with Crippen LogP contribution in [0.5, 0.6) is 0 Å². The molecule has 1 saturated heterocycles. The number of carbonyl (C=O) groups excluding carboxylic acids is 1. The molecule has 3 fully saturated rings. The number of aromatic nitrogens is 2. The number of nitrogens with two attached hydrogens (primary N) is 1. The van der Waals surface area contributed by atoms with Crippen LogP contribution in [-0.4, -0.2) is 87.6 Å². The first-order valence-electron chi connectivity index (χ1n) is 12.4. The minimum atomic E-state index is -4.17. The zero-order valence-electron chi connectivity index (χ0n) is 20.3. The summed E-state index contributed by atoms with van der Waals surface area (Å²) in [4.78, 5) is 22.6. The molecule has 2 heterocycles. The average molecular weight is 519 g/mol. The molecular formula is C23H34F4N6O3. The van der Waals surface area contributed by atoms with E-state index in [0.29, 0.717) is 32.4 Å². The molecule has 5 N–H and O–H groups in total. The number of carbonyl (C=O) groups is 1. The molecule has 2 saturated carbocycles. The second-order valence-electron chi connectivity index (χ2n) is 10.5. The van der Waals surface area contributed by atoms with E-state index >= 15 is 4.39 Å². The van der Waals surface area contributed by atoms with E-state index in [1.54, 1.807) is 9.80 Å². The van der Waals surface area contributed by atoms with Crippen molar-refractivity contribution in [2.45, 2.75) is 69.4 Å². The van der Waals surface area contributed by atoms with Crippen LogP contribution in [0.25, 0.3) is 0 Å². The standard InChI is InChI=1S/C23H34F4N6O3/c1-2-33(15-9-21(15)5-3-14(4-6-21)23(25,26)27)20-18(24)19(30-13-31-20)29-12-22(36)7-8-32(10-16(22)34)11-17(28)35/h13-16,34,36H,2-12H2,1H3,(H2,28,35)(H,29,30,31)/t14?,15?,16-,21?,22-/m0/s1. The molecule has 1 amide bonds. The monoisotopic (exact) mass is 518 g/mol. The topological polar surface area (TPSA) is 128 Å². The highest BCUT2D eigenvalue weighted by Gasteiger charge is 2.60. The van der Waals surface area contributed by atoms with E-state index in [1.165, 1.54) is 6.33 Å². The zero-order chi connectivity index (χ0) is 26.3. The Bertz CT molecular complexity index is 958. The number of anilines is 2. The molecule has 4 rings (SSSR count). The van der Waals surface area contributed by atoms with Crippen molar-refractivity contribution < 1.29 is 32.6 Å². The first kappa shape index (κ1) is 26.8. The maximum Gasteiger partial charge on any atom is 0.391 e. The van der Waals surface area contributed by atoms with Gasteiger partial charge in [-0.05, 0) is 50.9 Å². The molecule has 1 unspecified atom stereocenters. The summed E-state index contributed by atoms with van der Waals surface area (Å²) in [5, 5.41) is 24.1. The summed E-state index contributed by atoms with van der Waals surface area (Å²) >= 11 is 0. The predicted molar refractivity (Wildman–Crippen MR) is 124 cm³/mol. The van der Waals surface area contributed by atoms with Gasteiger partial charge in [-0.25, -0.2) is 9.97 Å². The summed E-state index contributed by atoms with van der Waals surface area (Å²) in [6, 6.07) is -0.0884. The molecule has 3 aliphatic rings. The third-order valence-corrected chi connectivity index (χ3v) is 8.20. The van der Waals surface area contributed by atoms with E-state index in [0.717, 1.165) is 0 Å². The van der Waals surface area contributed by atoms with Gasteiger partial charge >= 0.3 is 6.18 Å².